The van der Waals surface area contributed by atoms with Crippen LogP contribution in [-0.4, -0.2) is 31.8 Å². The highest BCUT2D eigenvalue weighted by atomic mass is 32.1. The van der Waals surface area contributed by atoms with Crippen LogP contribution in [0.4, 0.5) is 0 Å². The largest absolute Gasteiger partial charge is 0.344 e. The highest BCUT2D eigenvalue weighted by Crippen LogP contribution is 2.36. The van der Waals surface area contributed by atoms with Gasteiger partial charge >= 0.3 is 0 Å². The quantitative estimate of drug-likeness (QED) is 0.322. The Hall–Kier alpha value is -4.10. The zero-order valence-corrected chi connectivity index (χ0v) is 21.6. The molecule has 8 rings (SSSR count). The van der Waals surface area contributed by atoms with Crippen molar-refractivity contribution in [2.45, 2.75) is 33.2 Å². The Bertz CT molecular complexity index is 2100. The number of aryl methyl sites for hydroxylation is 1. The summed E-state index contributed by atoms with van der Waals surface area (Å²) in [5.41, 5.74) is 6.50. The zero-order chi connectivity index (χ0) is 24.8. The number of fused-ring (bicyclic) bond motifs is 10. The lowest BCUT2D eigenvalue weighted by molar-refractivity contribution is 0.847. The molecule has 2 N–H and O–H groups in total. The summed E-state index contributed by atoms with van der Waals surface area (Å²) >= 11 is 1.87. The Morgan fingerprint density at radius 1 is 0.973 bits per heavy atom. The minimum atomic E-state index is 0.232. The van der Waals surface area contributed by atoms with Gasteiger partial charge in [-0.25, -0.2) is 15.0 Å². The SMILES string of the molecule is Cc1nc2c3ccc(-c4ccc5c6c(sc5c4)=C4NC(C(C)C)=NC4CC=6)cc3c3cncnc3c2[nH]1. The van der Waals surface area contributed by atoms with Crippen LogP contribution in [0.15, 0.2) is 53.9 Å². The molecule has 1 aliphatic heterocycles. The number of amidine groups is 1. The van der Waals surface area contributed by atoms with Crippen molar-refractivity contribution in [1.29, 1.82) is 0 Å². The van der Waals surface area contributed by atoms with Crippen molar-refractivity contribution in [3.63, 3.8) is 0 Å². The van der Waals surface area contributed by atoms with Gasteiger partial charge in [-0.3, -0.25) is 4.99 Å². The number of benzene rings is 3. The van der Waals surface area contributed by atoms with E-state index in [0.717, 1.165) is 50.8 Å². The number of aromatic nitrogens is 4. The number of aromatic amines is 1. The number of nitrogens with one attached hydrogen (secondary N) is 2. The Kier molecular flexibility index (Phi) is 4.24. The smallest absolute Gasteiger partial charge is 0.116 e. The molecule has 0 saturated heterocycles. The summed E-state index contributed by atoms with van der Waals surface area (Å²) in [5.74, 6) is 2.40. The Morgan fingerprint density at radius 3 is 2.68 bits per heavy atom. The highest BCUT2D eigenvalue weighted by molar-refractivity contribution is 7.17. The van der Waals surface area contributed by atoms with E-state index >= 15 is 0 Å². The number of imidazole rings is 1. The van der Waals surface area contributed by atoms with Gasteiger partial charge in [0.15, 0.2) is 0 Å². The second kappa shape index (κ2) is 7.46. The van der Waals surface area contributed by atoms with Gasteiger partial charge in [-0.2, -0.15) is 0 Å². The van der Waals surface area contributed by atoms with Gasteiger partial charge in [-0.1, -0.05) is 44.2 Å². The second-order valence-corrected chi connectivity index (χ2v) is 11.4. The molecule has 37 heavy (non-hydrogen) atoms. The third-order valence-corrected chi connectivity index (χ3v) is 8.83. The van der Waals surface area contributed by atoms with Gasteiger partial charge in [0, 0.05) is 33.0 Å². The van der Waals surface area contributed by atoms with E-state index in [-0.39, 0.29) is 6.04 Å². The first-order chi connectivity index (χ1) is 18.0. The number of thiophene rings is 1. The van der Waals surface area contributed by atoms with Crippen LogP contribution < -0.4 is 15.1 Å². The number of hydrogen-bond donors (Lipinski definition) is 2. The van der Waals surface area contributed by atoms with Crippen LogP contribution >= 0.6 is 11.3 Å². The fourth-order valence-electron chi connectivity index (χ4n) is 5.82. The van der Waals surface area contributed by atoms with Gasteiger partial charge in [-0.05, 0) is 47.2 Å². The molecule has 3 aromatic heterocycles. The lowest BCUT2D eigenvalue weighted by atomic mass is 9.97. The fourth-order valence-corrected chi connectivity index (χ4v) is 7.12. The van der Waals surface area contributed by atoms with E-state index < -0.39 is 0 Å². The fraction of sp³-hybridized carbons (Fsp3) is 0.200. The lowest BCUT2D eigenvalue weighted by Gasteiger charge is -2.10. The van der Waals surface area contributed by atoms with Crippen molar-refractivity contribution in [3.8, 4) is 11.1 Å². The monoisotopic (exact) mass is 500 g/mol. The van der Waals surface area contributed by atoms with Gasteiger partial charge < -0.3 is 10.3 Å². The molecule has 7 heteroatoms. The van der Waals surface area contributed by atoms with Crippen LogP contribution in [0, 0.1) is 12.8 Å². The first-order valence-corrected chi connectivity index (χ1v) is 13.5. The van der Waals surface area contributed by atoms with Crippen LogP contribution in [-0.2, 0) is 0 Å². The maximum Gasteiger partial charge on any atom is 0.116 e. The molecule has 0 amide bonds. The molecule has 1 atom stereocenters. The van der Waals surface area contributed by atoms with E-state index in [4.69, 9.17) is 9.98 Å². The Morgan fingerprint density at radius 2 is 1.81 bits per heavy atom. The molecule has 0 bridgehead atoms. The van der Waals surface area contributed by atoms with Gasteiger partial charge in [-0.15, -0.1) is 11.3 Å². The van der Waals surface area contributed by atoms with Gasteiger partial charge in [0.25, 0.3) is 0 Å². The molecule has 180 valence electrons. The van der Waals surface area contributed by atoms with Crippen molar-refractivity contribution < 1.29 is 0 Å². The van der Waals surface area contributed by atoms with Crippen molar-refractivity contribution in [1.82, 2.24) is 25.3 Å². The maximum atomic E-state index is 4.95. The molecule has 6 aromatic rings. The highest BCUT2D eigenvalue weighted by Gasteiger charge is 2.27. The Balaban J connectivity index is 1.32. The van der Waals surface area contributed by atoms with Gasteiger partial charge in [0.1, 0.15) is 18.0 Å². The molecule has 0 spiro atoms. The summed E-state index contributed by atoms with van der Waals surface area (Å²) in [6, 6.07) is 13.7. The van der Waals surface area contributed by atoms with Crippen molar-refractivity contribution in [3.05, 3.63) is 64.5 Å². The topological polar surface area (TPSA) is 78.8 Å². The molecule has 1 unspecified atom stereocenters. The summed E-state index contributed by atoms with van der Waals surface area (Å²) in [6.45, 7) is 6.38. The molecule has 0 saturated carbocycles. The number of hydrogen-bond acceptors (Lipinski definition) is 6. The molecule has 3 aromatic carbocycles. The predicted molar refractivity (Wildman–Crippen MR) is 153 cm³/mol. The molecular formula is C30H24N6S. The van der Waals surface area contributed by atoms with E-state index in [1.54, 1.807) is 6.33 Å². The van der Waals surface area contributed by atoms with E-state index in [0.29, 0.717) is 5.92 Å². The summed E-state index contributed by atoms with van der Waals surface area (Å²) < 4.78 is 2.64. The standard InChI is InChI=1S/C30H24N6S/c1-14(2)30-35-23-9-8-20-18-6-4-17(11-24(18)37-29(20)27(23)36-30)16-5-7-19-21(10-16)22-12-31-13-32-25(22)28-26(19)33-15(3)34-28/h4-8,10-14,23H,9H2,1-3H3,(H,33,34)(H,35,36). The first kappa shape index (κ1) is 21.0. The number of nitrogens with zero attached hydrogens (tertiary/aromatic N) is 4. The molecule has 6 nitrogen and oxygen atoms in total. The van der Waals surface area contributed by atoms with Crippen LogP contribution in [0.25, 0.3) is 65.7 Å². The van der Waals surface area contributed by atoms with E-state index in [2.05, 4.69) is 76.6 Å². The predicted octanol–water partition coefficient (Wildman–Crippen LogP) is 5.17. The zero-order valence-electron chi connectivity index (χ0n) is 20.8. The third kappa shape index (κ3) is 2.98. The first-order valence-electron chi connectivity index (χ1n) is 12.7. The molecular weight excluding hydrogens is 476 g/mol. The number of H-pyrrole nitrogens is 1. The van der Waals surface area contributed by atoms with Crippen molar-refractivity contribution in [2.75, 3.05) is 0 Å². The lowest BCUT2D eigenvalue weighted by Crippen LogP contribution is -2.35. The van der Waals surface area contributed by atoms with E-state index in [9.17, 15) is 0 Å². The van der Waals surface area contributed by atoms with Crippen molar-refractivity contribution in [2.24, 2.45) is 10.9 Å². The summed E-state index contributed by atoms with van der Waals surface area (Å²) in [7, 11) is 0. The molecule has 1 aliphatic carbocycles. The summed E-state index contributed by atoms with van der Waals surface area (Å²) in [5, 5.41) is 9.59. The third-order valence-electron chi connectivity index (χ3n) is 7.63. The maximum absolute atomic E-state index is 4.95. The summed E-state index contributed by atoms with van der Waals surface area (Å²) in [4.78, 5) is 22.0. The minimum absolute atomic E-state index is 0.232. The molecule has 0 fully saturated rings. The number of rotatable bonds is 2. The van der Waals surface area contributed by atoms with Crippen LogP contribution in [0.1, 0.15) is 26.1 Å². The second-order valence-electron chi connectivity index (χ2n) is 10.3. The molecule has 4 heterocycles. The van der Waals surface area contributed by atoms with Crippen LogP contribution in [0.3, 0.4) is 0 Å². The minimum Gasteiger partial charge on any atom is -0.344 e. The normalized spacial score (nSPS) is 16.9. The Labute approximate surface area is 216 Å². The van der Waals surface area contributed by atoms with E-state index in [1.165, 1.54) is 36.7 Å². The van der Waals surface area contributed by atoms with Crippen LogP contribution in [0.2, 0.25) is 0 Å². The summed E-state index contributed by atoms with van der Waals surface area (Å²) in [6.07, 6.45) is 6.84. The molecule has 0 radical (unpaired) electrons. The number of aliphatic imine (C=N–C) groups is 1. The van der Waals surface area contributed by atoms with Gasteiger partial charge in [0.2, 0.25) is 0 Å². The van der Waals surface area contributed by atoms with Crippen LogP contribution in [0.5, 0.6) is 0 Å². The average Bonchev–Trinajstić information content (AvgIpc) is 3.62. The van der Waals surface area contributed by atoms with Gasteiger partial charge in [0.05, 0.1) is 32.8 Å². The van der Waals surface area contributed by atoms with E-state index in [1.807, 2.05) is 24.5 Å². The van der Waals surface area contributed by atoms with Crippen molar-refractivity contribution >= 4 is 71.7 Å². The molecule has 2 aliphatic rings. The average molecular weight is 501 g/mol.